The number of carbonyl (C=O) groups is 1. The fourth-order valence-electron chi connectivity index (χ4n) is 12.6. The van der Waals surface area contributed by atoms with E-state index in [2.05, 4.69) is 59.1 Å². The topological polar surface area (TPSA) is 177 Å². The second-order valence-electron chi connectivity index (χ2n) is 20.1. The number of benzene rings is 1. The molecule has 4 fully saturated rings. The lowest BCUT2D eigenvalue weighted by atomic mass is 9.61. The van der Waals surface area contributed by atoms with Crippen molar-refractivity contribution in [2.24, 2.45) is 22.1 Å². The molecule has 56 heavy (non-hydrogen) atoms. The Morgan fingerprint density at radius 2 is 1.77 bits per heavy atom. The number of hydrogen-bond donors (Lipinski definition) is 9. The van der Waals surface area contributed by atoms with E-state index < -0.39 is 23.8 Å². The Morgan fingerprint density at radius 1 is 1.02 bits per heavy atom. The van der Waals surface area contributed by atoms with E-state index in [9.17, 15) is 25.2 Å². The lowest BCUT2D eigenvalue weighted by Crippen LogP contribution is -3.16. The molecule has 4 heterocycles. The van der Waals surface area contributed by atoms with Crippen LogP contribution in [0.4, 0.5) is 0 Å². The van der Waals surface area contributed by atoms with Crippen LogP contribution in [0.2, 0.25) is 0 Å². The Labute approximate surface area is 336 Å². The first kappa shape index (κ1) is 42.2. The molecule has 2 aliphatic carbocycles. The lowest BCUT2D eigenvalue weighted by molar-refractivity contribution is -0.914. The zero-order valence-electron chi connectivity index (χ0n) is 34.5. The predicted octanol–water partition coefficient (Wildman–Crippen LogP) is 3.32. The van der Waals surface area contributed by atoms with Crippen LogP contribution < -0.4 is 26.6 Å². The van der Waals surface area contributed by atoms with Crippen molar-refractivity contribution < 1.29 is 30.1 Å². The van der Waals surface area contributed by atoms with Gasteiger partial charge in [-0.25, -0.2) is 4.99 Å². The van der Waals surface area contributed by atoms with Gasteiger partial charge in [0.05, 0.1) is 42.7 Å². The molecular weight excluding hydrogens is 705 g/mol. The SMILES string of the molecule is C[C@@H]1N[C@H](C[C@H](O)[C@H]2CCCC3(CCCC3)CC[C@@](O)(CC(=O)O)CN[C@]3(C)C[C@@H](N)N[C@H](C3)C3(CCCCC3)c3cccc(c3)C2)[C@@H]([NH+]2CC=NC2)C[C@H]1O. The van der Waals surface area contributed by atoms with Crippen LogP contribution in [0.3, 0.4) is 0 Å². The van der Waals surface area contributed by atoms with Crippen LogP contribution in [-0.2, 0) is 16.6 Å². The molecule has 4 aliphatic heterocycles. The number of aliphatic carboxylic acids is 1. The van der Waals surface area contributed by atoms with Gasteiger partial charge in [0.1, 0.15) is 12.6 Å². The Bertz CT molecular complexity index is 1490. The highest BCUT2D eigenvalue weighted by Gasteiger charge is 2.49. The first-order chi connectivity index (χ1) is 26.8. The van der Waals surface area contributed by atoms with Gasteiger partial charge in [-0.3, -0.25) is 10.1 Å². The molecule has 11 nitrogen and oxygen atoms in total. The number of carboxylic acids is 1. The quantitative estimate of drug-likeness (QED) is 0.210. The third kappa shape index (κ3) is 9.73. The number of carboxylic acid groups (broad SMARTS) is 1. The Balaban J connectivity index is 1.22. The van der Waals surface area contributed by atoms with Crippen molar-refractivity contribution in [2.75, 3.05) is 19.8 Å². The summed E-state index contributed by atoms with van der Waals surface area (Å²) >= 11 is 0. The number of fused-ring (bicyclic) bond motifs is 6. The highest BCUT2D eigenvalue weighted by Crippen LogP contribution is 2.49. The van der Waals surface area contributed by atoms with E-state index in [1.165, 1.54) is 35.3 Å². The van der Waals surface area contributed by atoms with Crippen LogP contribution >= 0.6 is 0 Å². The number of hydrogen-bond acceptors (Lipinski definition) is 9. The van der Waals surface area contributed by atoms with Gasteiger partial charge in [-0.1, -0.05) is 62.8 Å². The van der Waals surface area contributed by atoms with Gasteiger partial charge in [-0.15, -0.1) is 0 Å². The summed E-state index contributed by atoms with van der Waals surface area (Å²) in [5.74, 6) is -0.894. The molecule has 11 heteroatoms. The fourth-order valence-corrected chi connectivity index (χ4v) is 12.6. The van der Waals surface area contributed by atoms with Crippen molar-refractivity contribution in [1.29, 1.82) is 0 Å². The number of aliphatic imine (C=N–C) groups is 1. The summed E-state index contributed by atoms with van der Waals surface area (Å²) in [6.07, 6.45) is 18.7. The minimum absolute atomic E-state index is 0.0272. The average molecular weight is 780 g/mol. The summed E-state index contributed by atoms with van der Waals surface area (Å²) in [5.41, 5.74) is 7.77. The molecule has 2 spiro atoms. The number of nitrogens with one attached hydrogen (secondary N) is 4. The van der Waals surface area contributed by atoms with Crippen molar-refractivity contribution in [1.82, 2.24) is 16.0 Å². The number of β-amino-alcohol motifs (C(OH)–C–C–N with tert-alkyl or cyclic N) is 1. The van der Waals surface area contributed by atoms with Crippen molar-refractivity contribution >= 4 is 12.2 Å². The number of quaternary nitrogens is 1. The van der Waals surface area contributed by atoms with E-state index >= 15 is 0 Å². The average Bonchev–Trinajstić information content (AvgIpc) is 3.88. The smallest absolute Gasteiger partial charge is 0.306 e. The van der Waals surface area contributed by atoms with Crippen LogP contribution in [0.5, 0.6) is 0 Å². The first-order valence-electron chi connectivity index (χ1n) is 22.5. The maximum absolute atomic E-state index is 12.4. The van der Waals surface area contributed by atoms with Crippen molar-refractivity contribution in [3.05, 3.63) is 35.4 Å². The summed E-state index contributed by atoms with van der Waals surface area (Å²) in [4.78, 5) is 18.1. The van der Waals surface area contributed by atoms with Gasteiger partial charge in [-0.2, -0.15) is 0 Å². The van der Waals surface area contributed by atoms with Crippen LogP contribution in [0.1, 0.15) is 147 Å². The molecular formula is C45H75N6O5+. The Morgan fingerprint density at radius 3 is 2.50 bits per heavy atom. The summed E-state index contributed by atoms with van der Waals surface area (Å²) < 4.78 is 0. The monoisotopic (exact) mass is 780 g/mol. The zero-order chi connectivity index (χ0) is 39.6. The third-order valence-corrected chi connectivity index (χ3v) is 15.9. The van der Waals surface area contributed by atoms with Gasteiger partial charge in [0.2, 0.25) is 0 Å². The molecule has 7 rings (SSSR count). The van der Waals surface area contributed by atoms with Crippen molar-refractivity contribution in [2.45, 2.75) is 201 Å². The van der Waals surface area contributed by atoms with Crippen LogP contribution in [0.15, 0.2) is 29.3 Å². The molecule has 6 aliphatic rings. The molecule has 0 amide bonds. The summed E-state index contributed by atoms with van der Waals surface area (Å²) in [5, 5.41) is 56.8. The molecule has 1 aromatic rings. The number of nitrogens with zero attached hydrogens (tertiary/aromatic N) is 1. The van der Waals surface area contributed by atoms with E-state index in [-0.39, 0.29) is 65.6 Å². The molecule has 2 saturated carbocycles. The fraction of sp³-hybridized carbons (Fsp3) is 0.822. The van der Waals surface area contributed by atoms with Crippen LogP contribution in [0, 0.1) is 11.3 Å². The molecule has 10 N–H and O–H groups in total. The lowest BCUT2D eigenvalue weighted by Gasteiger charge is -2.53. The largest absolute Gasteiger partial charge is 0.481 e. The van der Waals surface area contributed by atoms with Gasteiger partial charge in [0.15, 0.2) is 6.67 Å². The normalized spacial score (nSPS) is 39.9. The Hall–Kier alpha value is -1.96. The number of aliphatic hydroxyl groups is 3. The predicted molar refractivity (Wildman–Crippen MR) is 221 cm³/mol. The molecule has 11 atom stereocenters. The second-order valence-corrected chi connectivity index (χ2v) is 20.1. The van der Waals surface area contributed by atoms with Crippen LogP contribution in [-0.4, -0.2) is 106 Å². The van der Waals surface area contributed by atoms with E-state index in [0.717, 1.165) is 90.3 Å². The van der Waals surface area contributed by atoms with Crippen molar-refractivity contribution in [3.63, 3.8) is 0 Å². The van der Waals surface area contributed by atoms with E-state index in [0.29, 0.717) is 25.7 Å². The third-order valence-electron chi connectivity index (χ3n) is 15.9. The van der Waals surface area contributed by atoms with Gasteiger partial charge in [0.25, 0.3) is 0 Å². The van der Waals surface area contributed by atoms with Gasteiger partial charge >= 0.3 is 5.97 Å². The molecule has 314 valence electrons. The molecule has 1 aromatic carbocycles. The number of aliphatic hydroxyl groups excluding tert-OH is 2. The van der Waals surface area contributed by atoms with Crippen LogP contribution in [0.25, 0.3) is 0 Å². The minimum Gasteiger partial charge on any atom is -0.481 e. The number of piperidine rings is 2. The zero-order valence-corrected chi connectivity index (χ0v) is 34.5. The maximum Gasteiger partial charge on any atom is 0.306 e. The summed E-state index contributed by atoms with van der Waals surface area (Å²) in [6, 6.07) is 9.66. The summed E-state index contributed by atoms with van der Waals surface area (Å²) in [7, 11) is 0. The van der Waals surface area contributed by atoms with Crippen molar-refractivity contribution in [3.8, 4) is 0 Å². The first-order valence-corrected chi connectivity index (χ1v) is 22.5. The van der Waals surface area contributed by atoms with E-state index in [1.54, 1.807) is 0 Å². The van der Waals surface area contributed by atoms with Gasteiger partial charge in [-0.05, 0) is 113 Å². The molecule has 0 radical (unpaired) electrons. The number of rotatable bonds is 6. The van der Waals surface area contributed by atoms with Gasteiger partial charge in [0, 0.05) is 36.0 Å². The minimum atomic E-state index is -1.35. The Kier molecular flexibility index (Phi) is 13.3. The maximum atomic E-state index is 12.4. The molecule has 0 aromatic heterocycles. The van der Waals surface area contributed by atoms with E-state index in [1.807, 2.05) is 6.21 Å². The van der Waals surface area contributed by atoms with E-state index in [4.69, 9.17) is 5.73 Å². The second kappa shape index (κ2) is 17.7. The molecule has 1 unspecified atom stereocenters. The highest BCUT2D eigenvalue weighted by atomic mass is 16.4. The molecule has 2 saturated heterocycles. The van der Waals surface area contributed by atoms with Gasteiger partial charge < -0.3 is 41.7 Å². The highest BCUT2D eigenvalue weighted by molar-refractivity contribution is 5.68. The molecule has 4 bridgehead atoms. The standard InChI is InChI=1S/C45H74N6O5/c1-31-37(52)25-36(51-21-20-47-30-51)35(49-31)24-38(53)33-11-9-15-43(13-6-7-14-43)18-19-44(56,28-41(54)55)29-48-42(2)26-39(50-40(46)27-42)45(16-4-3-5-17-45)34-12-8-10-32(22-33)23-34/h8,10,12,20,23,31,33,35-40,48-50,52-53,56H,3-7,9,11,13-19,21-22,24-30,46H2,1-2H3,(H,54,55)/p+1/t31-,33-,35+,36-,37+,38-,39+,40-,42-,44+/m0/s1. The summed E-state index contributed by atoms with van der Waals surface area (Å²) in [6.45, 7) is 6.10. The number of nitrogens with two attached hydrogens (primary N) is 1.